The van der Waals surface area contributed by atoms with E-state index in [2.05, 4.69) is 42.7 Å². The lowest BCUT2D eigenvalue weighted by molar-refractivity contribution is 0.0564. The van der Waals surface area contributed by atoms with Gasteiger partial charge in [0.15, 0.2) is 0 Å². The van der Waals surface area contributed by atoms with E-state index in [4.69, 9.17) is 5.26 Å². The highest BCUT2D eigenvalue weighted by molar-refractivity contribution is 5.32. The van der Waals surface area contributed by atoms with Crippen molar-refractivity contribution >= 4 is 0 Å². The Labute approximate surface area is 116 Å². The van der Waals surface area contributed by atoms with Crippen LogP contribution < -0.4 is 0 Å². The zero-order chi connectivity index (χ0) is 13.8. The summed E-state index contributed by atoms with van der Waals surface area (Å²) in [5, 5.41) is 8.94. The molecule has 0 amide bonds. The first-order valence-electron chi connectivity index (χ1n) is 7.07. The van der Waals surface area contributed by atoms with E-state index in [-0.39, 0.29) is 0 Å². The smallest absolute Gasteiger partial charge is 0.0991 e. The van der Waals surface area contributed by atoms with Crippen molar-refractivity contribution in [2.45, 2.75) is 39.4 Å². The maximum absolute atomic E-state index is 8.94. The fourth-order valence-corrected chi connectivity index (χ4v) is 2.96. The van der Waals surface area contributed by atoms with Crippen molar-refractivity contribution in [2.24, 2.45) is 0 Å². The number of benzene rings is 1. The highest BCUT2D eigenvalue weighted by Gasteiger charge is 2.25. The molecule has 1 saturated heterocycles. The summed E-state index contributed by atoms with van der Waals surface area (Å²) in [6.07, 6.45) is 0. The van der Waals surface area contributed by atoms with Gasteiger partial charge in [-0.3, -0.25) is 9.80 Å². The second kappa shape index (κ2) is 6.18. The molecule has 0 saturated carbocycles. The van der Waals surface area contributed by atoms with Crippen LogP contribution in [-0.4, -0.2) is 41.5 Å². The van der Waals surface area contributed by atoms with Crippen molar-refractivity contribution in [3.8, 4) is 6.07 Å². The van der Waals surface area contributed by atoms with Crippen molar-refractivity contribution in [1.29, 1.82) is 5.26 Å². The Balaban J connectivity index is 1.96. The van der Waals surface area contributed by atoms with E-state index >= 15 is 0 Å². The molecule has 3 nitrogen and oxygen atoms in total. The second-order valence-electron chi connectivity index (χ2n) is 5.73. The molecule has 1 fully saturated rings. The molecule has 0 aliphatic carbocycles. The highest BCUT2D eigenvalue weighted by Crippen LogP contribution is 2.15. The van der Waals surface area contributed by atoms with Gasteiger partial charge in [-0.15, -0.1) is 0 Å². The quantitative estimate of drug-likeness (QED) is 0.833. The van der Waals surface area contributed by atoms with Crippen LogP contribution in [0.5, 0.6) is 0 Å². The maximum atomic E-state index is 8.94. The molecular weight excluding hydrogens is 234 g/mol. The SMILES string of the molecule is CC(C)N1CCN(Cc2cccc(C#N)c2)CC1C. The molecule has 0 spiro atoms. The molecule has 1 atom stereocenters. The van der Waals surface area contributed by atoms with E-state index in [1.165, 1.54) is 5.56 Å². The number of hydrogen-bond acceptors (Lipinski definition) is 3. The zero-order valence-corrected chi connectivity index (χ0v) is 12.1. The van der Waals surface area contributed by atoms with Gasteiger partial charge >= 0.3 is 0 Å². The Morgan fingerprint density at radius 3 is 2.79 bits per heavy atom. The Morgan fingerprint density at radius 2 is 2.16 bits per heavy atom. The average Bonchev–Trinajstić information content (AvgIpc) is 2.38. The lowest BCUT2D eigenvalue weighted by Gasteiger charge is -2.42. The van der Waals surface area contributed by atoms with Gasteiger partial charge in [0, 0.05) is 38.3 Å². The Hall–Kier alpha value is -1.37. The lowest BCUT2D eigenvalue weighted by atomic mass is 10.1. The van der Waals surface area contributed by atoms with Crippen LogP contribution in [-0.2, 0) is 6.54 Å². The van der Waals surface area contributed by atoms with E-state index in [9.17, 15) is 0 Å². The summed E-state index contributed by atoms with van der Waals surface area (Å²) < 4.78 is 0. The van der Waals surface area contributed by atoms with Crippen LogP contribution in [0.15, 0.2) is 24.3 Å². The third kappa shape index (κ3) is 3.56. The summed E-state index contributed by atoms with van der Waals surface area (Å²) in [7, 11) is 0. The Kier molecular flexibility index (Phi) is 4.57. The summed E-state index contributed by atoms with van der Waals surface area (Å²) in [5.74, 6) is 0. The first-order chi connectivity index (χ1) is 9.10. The van der Waals surface area contributed by atoms with Crippen LogP contribution in [0.4, 0.5) is 0 Å². The monoisotopic (exact) mass is 257 g/mol. The molecule has 1 unspecified atom stereocenters. The van der Waals surface area contributed by atoms with E-state index < -0.39 is 0 Å². The van der Waals surface area contributed by atoms with E-state index in [0.29, 0.717) is 12.1 Å². The maximum Gasteiger partial charge on any atom is 0.0991 e. The molecule has 3 heteroatoms. The molecule has 0 bridgehead atoms. The van der Waals surface area contributed by atoms with Gasteiger partial charge in [-0.2, -0.15) is 5.26 Å². The molecule has 1 aromatic rings. The van der Waals surface area contributed by atoms with Crippen molar-refractivity contribution < 1.29 is 0 Å². The summed E-state index contributed by atoms with van der Waals surface area (Å²) in [4.78, 5) is 5.04. The molecule has 1 aliphatic rings. The fraction of sp³-hybridized carbons (Fsp3) is 0.562. The van der Waals surface area contributed by atoms with Gasteiger partial charge in [-0.25, -0.2) is 0 Å². The summed E-state index contributed by atoms with van der Waals surface area (Å²) in [6, 6.07) is 11.4. The molecule has 102 valence electrons. The summed E-state index contributed by atoms with van der Waals surface area (Å²) in [5.41, 5.74) is 2.00. The zero-order valence-electron chi connectivity index (χ0n) is 12.1. The van der Waals surface area contributed by atoms with Gasteiger partial charge in [-0.05, 0) is 38.5 Å². The number of piperazine rings is 1. The molecule has 19 heavy (non-hydrogen) atoms. The summed E-state index contributed by atoms with van der Waals surface area (Å²) in [6.45, 7) is 11.1. The molecule has 2 rings (SSSR count). The van der Waals surface area contributed by atoms with Crippen LogP contribution in [0, 0.1) is 11.3 Å². The number of rotatable bonds is 3. The predicted molar refractivity (Wildman–Crippen MR) is 77.7 cm³/mol. The molecule has 0 N–H and O–H groups in total. The lowest BCUT2D eigenvalue weighted by Crippen LogP contribution is -2.53. The van der Waals surface area contributed by atoms with Crippen molar-refractivity contribution in [1.82, 2.24) is 9.80 Å². The van der Waals surface area contributed by atoms with E-state index in [1.807, 2.05) is 18.2 Å². The molecule has 1 aliphatic heterocycles. The Bertz CT molecular complexity index is 461. The van der Waals surface area contributed by atoms with Crippen molar-refractivity contribution in [2.75, 3.05) is 19.6 Å². The van der Waals surface area contributed by atoms with Gasteiger partial charge in [-0.1, -0.05) is 12.1 Å². The minimum atomic E-state index is 0.605. The number of nitriles is 1. The predicted octanol–water partition coefficient (Wildman–Crippen LogP) is 2.47. The van der Waals surface area contributed by atoms with Crippen LogP contribution in [0.1, 0.15) is 31.9 Å². The number of hydrogen-bond donors (Lipinski definition) is 0. The fourth-order valence-electron chi connectivity index (χ4n) is 2.96. The molecule has 0 radical (unpaired) electrons. The molecule has 0 aromatic heterocycles. The summed E-state index contributed by atoms with van der Waals surface area (Å²) >= 11 is 0. The Morgan fingerprint density at radius 1 is 1.37 bits per heavy atom. The van der Waals surface area contributed by atoms with Crippen LogP contribution in [0.25, 0.3) is 0 Å². The first kappa shape index (κ1) is 14.0. The van der Waals surface area contributed by atoms with Crippen LogP contribution in [0.3, 0.4) is 0 Å². The van der Waals surface area contributed by atoms with Gasteiger partial charge in [0.2, 0.25) is 0 Å². The standard InChI is InChI=1S/C16H23N3/c1-13(2)19-8-7-18(11-14(19)3)12-16-6-4-5-15(9-16)10-17/h4-6,9,13-14H,7-8,11-12H2,1-3H3. The van der Waals surface area contributed by atoms with Crippen molar-refractivity contribution in [3.63, 3.8) is 0 Å². The van der Waals surface area contributed by atoms with E-state index in [1.54, 1.807) is 0 Å². The van der Waals surface area contributed by atoms with Gasteiger partial charge < -0.3 is 0 Å². The van der Waals surface area contributed by atoms with Crippen LogP contribution in [0.2, 0.25) is 0 Å². The topological polar surface area (TPSA) is 30.3 Å². The van der Waals surface area contributed by atoms with Crippen LogP contribution >= 0.6 is 0 Å². The minimum absolute atomic E-state index is 0.605. The van der Waals surface area contributed by atoms with Gasteiger partial charge in [0.25, 0.3) is 0 Å². The third-order valence-corrected chi connectivity index (χ3v) is 3.89. The second-order valence-corrected chi connectivity index (χ2v) is 5.73. The van der Waals surface area contributed by atoms with Gasteiger partial charge in [0.05, 0.1) is 11.6 Å². The number of nitrogens with zero attached hydrogens (tertiary/aromatic N) is 3. The molecular formula is C16H23N3. The van der Waals surface area contributed by atoms with E-state index in [0.717, 1.165) is 31.7 Å². The van der Waals surface area contributed by atoms with Crippen molar-refractivity contribution in [3.05, 3.63) is 35.4 Å². The average molecular weight is 257 g/mol. The first-order valence-corrected chi connectivity index (χ1v) is 7.07. The largest absolute Gasteiger partial charge is 0.296 e. The molecule has 1 heterocycles. The third-order valence-electron chi connectivity index (χ3n) is 3.89. The molecule has 1 aromatic carbocycles. The highest BCUT2D eigenvalue weighted by atomic mass is 15.3. The minimum Gasteiger partial charge on any atom is -0.296 e. The normalized spacial score (nSPS) is 21.5. The van der Waals surface area contributed by atoms with Gasteiger partial charge in [0.1, 0.15) is 0 Å².